The minimum atomic E-state index is -0.853. The number of hydrogen-bond acceptors (Lipinski definition) is 5. The van der Waals surface area contributed by atoms with E-state index in [9.17, 15) is 19.8 Å². The minimum absolute atomic E-state index is 0.0114. The molecule has 2 atom stereocenters. The van der Waals surface area contributed by atoms with E-state index in [0.717, 1.165) is 57.8 Å². The quantitative estimate of drug-likeness (QED) is 0.0321. The lowest BCUT2D eigenvalue weighted by Crippen LogP contribution is -2.45. The molecule has 0 rings (SSSR count). The molecule has 6 nitrogen and oxygen atoms in total. The zero-order chi connectivity index (χ0) is 47.9. The summed E-state index contributed by atoms with van der Waals surface area (Å²) in [6.07, 6.45) is 68.8. The van der Waals surface area contributed by atoms with E-state index >= 15 is 0 Å². The molecule has 6 heteroatoms. The second kappa shape index (κ2) is 55.7. The van der Waals surface area contributed by atoms with E-state index in [4.69, 9.17) is 4.74 Å². The fourth-order valence-electron chi connectivity index (χ4n) is 8.86. The van der Waals surface area contributed by atoms with Crippen LogP contribution in [-0.2, 0) is 14.3 Å². The summed E-state index contributed by atoms with van der Waals surface area (Å²) in [6.45, 7) is 4.88. The van der Waals surface area contributed by atoms with Crippen LogP contribution in [0.4, 0.5) is 0 Å². The first-order valence-corrected chi connectivity index (χ1v) is 29.3. The van der Waals surface area contributed by atoms with Gasteiger partial charge in [-0.3, -0.25) is 9.59 Å². The lowest BCUT2D eigenvalue weighted by molar-refractivity contribution is -0.143. The van der Waals surface area contributed by atoms with Gasteiger partial charge in [-0.2, -0.15) is 0 Å². The number of carbonyl (C=O) groups excluding carboxylic acids is 2. The maximum atomic E-state index is 12.5. The summed E-state index contributed by atoms with van der Waals surface area (Å²) in [5.41, 5.74) is 0. The van der Waals surface area contributed by atoms with E-state index in [2.05, 4.69) is 43.5 Å². The molecule has 0 radical (unpaired) electrons. The van der Waals surface area contributed by atoms with Crippen LogP contribution in [0.5, 0.6) is 0 Å². The maximum Gasteiger partial charge on any atom is 0.305 e. The summed E-state index contributed by atoms with van der Waals surface area (Å²) in [4.78, 5) is 24.5. The van der Waals surface area contributed by atoms with Gasteiger partial charge < -0.3 is 20.3 Å². The Labute approximate surface area is 411 Å². The van der Waals surface area contributed by atoms with Crippen LogP contribution in [0.2, 0.25) is 0 Å². The van der Waals surface area contributed by atoms with Crippen LogP contribution in [-0.4, -0.2) is 47.4 Å². The van der Waals surface area contributed by atoms with Gasteiger partial charge in [0.2, 0.25) is 5.91 Å². The fourth-order valence-corrected chi connectivity index (χ4v) is 8.86. The van der Waals surface area contributed by atoms with Crippen LogP contribution < -0.4 is 5.32 Å². The van der Waals surface area contributed by atoms with E-state index in [-0.39, 0.29) is 18.5 Å². The molecule has 0 saturated heterocycles. The first kappa shape index (κ1) is 64.1. The summed E-state index contributed by atoms with van der Waals surface area (Å²) in [7, 11) is 0. The molecule has 0 aromatic carbocycles. The van der Waals surface area contributed by atoms with Gasteiger partial charge in [-0.05, 0) is 83.5 Å². The second-order valence-electron chi connectivity index (χ2n) is 20.0. The van der Waals surface area contributed by atoms with Crippen molar-refractivity contribution in [2.24, 2.45) is 0 Å². The number of aliphatic hydroxyl groups excluding tert-OH is 2. The molecule has 0 aliphatic carbocycles. The van der Waals surface area contributed by atoms with Gasteiger partial charge >= 0.3 is 5.97 Å². The zero-order valence-electron chi connectivity index (χ0n) is 44.2. The van der Waals surface area contributed by atoms with E-state index in [1.54, 1.807) is 6.08 Å². The van der Waals surface area contributed by atoms with Crippen molar-refractivity contribution >= 4 is 11.9 Å². The smallest absolute Gasteiger partial charge is 0.305 e. The number of esters is 1. The summed E-state index contributed by atoms with van der Waals surface area (Å²) in [6, 6.07) is -0.638. The monoisotopic (exact) mass is 928 g/mol. The van der Waals surface area contributed by atoms with Crippen LogP contribution in [0.1, 0.15) is 309 Å². The van der Waals surface area contributed by atoms with Crippen molar-refractivity contribution in [3.63, 3.8) is 0 Å². The van der Waals surface area contributed by atoms with Gasteiger partial charge in [-0.25, -0.2) is 0 Å². The molecule has 0 saturated carbocycles. The first-order valence-electron chi connectivity index (χ1n) is 29.3. The lowest BCUT2D eigenvalue weighted by Gasteiger charge is -2.20. The number of ether oxygens (including phenoxy) is 1. The van der Waals surface area contributed by atoms with Gasteiger partial charge in [0.15, 0.2) is 0 Å². The highest BCUT2D eigenvalue weighted by Crippen LogP contribution is 2.16. The Morgan fingerprint density at radius 1 is 0.409 bits per heavy atom. The van der Waals surface area contributed by atoms with Crippen LogP contribution in [0.3, 0.4) is 0 Å². The maximum absolute atomic E-state index is 12.5. The number of aliphatic hydroxyl groups is 2. The van der Waals surface area contributed by atoms with Gasteiger partial charge in [-0.1, -0.05) is 249 Å². The van der Waals surface area contributed by atoms with Crippen molar-refractivity contribution < 1.29 is 24.5 Å². The molecule has 0 spiro atoms. The van der Waals surface area contributed by atoms with E-state index in [1.807, 2.05) is 6.08 Å². The predicted octanol–water partition coefficient (Wildman–Crippen LogP) is 18.0. The minimum Gasteiger partial charge on any atom is -0.466 e. The summed E-state index contributed by atoms with van der Waals surface area (Å²) in [5.74, 6) is -0.0902. The van der Waals surface area contributed by atoms with Gasteiger partial charge in [-0.15, -0.1) is 0 Å². The molecule has 0 aromatic rings. The van der Waals surface area contributed by atoms with Gasteiger partial charge in [0.05, 0.1) is 25.4 Å². The average Bonchev–Trinajstić information content (AvgIpc) is 3.32. The van der Waals surface area contributed by atoms with E-state index in [1.165, 1.54) is 225 Å². The third-order valence-corrected chi connectivity index (χ3v) is 13.4. The highest BCUT2D eigenvalue weighted by atomic mass is 16.5. The third kappa shape index (κ3) is 51.5. The Kier molecular flexibility index (Phi) is 54.1. The van der Waals surface area contributed by atoms with Gasteiger partial charge in [0.1, 0.15) is 0 Å². The molecule has 0 aromatic heterocycles. The fraction of sp³-hybridized carbons (Fsp3) is 0.867. The number of nitrogens with one attached hydrogen (secondary N) is 1. The lowest BCUT2D eigenvalue weighted by atomic mass is 10.0. The predicted molar refractivity (Wildman–Crippen MR) is 287 cm³/mol. The van der Waals surface area contributed by atoms with Crippen molar-refractivity contribution in [2.45, 2.75) is 321 Å². The molecule has 0 aliphatic rings. The molecule has 0 bridgehead atoms. The molecular formula is C60H113NO5. The van der Waals surface area contributed by atoms with Crippen LogP contribution in [0.15, 0.2) is 36.5 Å². The van der Waals surface area contributed by atoms with E-state index < -0.39 is 12.1 Å². The second-order valence-corrected chi connectivity index (χ2v) is 20.0. The third-order valence-electron chi connectivity index (χ3n) is 13.4. The first-order chi connectivity index (χ1) is 32.5. The SMILES string of the molecule is CCCCCCC/C=C\CCCCCCCC(=O)OCCCCCCCC/C=C\CCCCCCCCCC(=O)NC(CO)C(O)/C=C/CCCCCCCCCCCCCCCCCC. The highest BCUT2D eigenvalue weighted by molar-refractivity contribution is 5.76. The number of allylic oxidation sites excluding steroid dienone is 5. The molecule has 0 aliphatic heterocycles. The molecule has 3 N–H and O–H groups in total. The highest BCUT2D eigenvalue weighted by Gasteiger charge is 2.18. The normalized spacial score (nSPS) is 12.8. The Hall–Kier alpha value is -1.92. The summed E-state index contributed by atoms with van der Waals surface area (Å²) in [5, 5.41) is 23.1. The summed E-state index contributed by atoms with van der Waals surface area (Å²) >= 11 is 0. The van der Waals surface area contributed by atoms with Gasteiger partial charge in [0, 0.05) is 12.8 Å². The zero-order valence-corrected chi connectivity index (χ0v) is 44.2. The van der Waals surface area contributed by atoms with Crippen LogP contribution in [0.25, 0.3) is 0 Å². The van der Waals surface area contributed by atoms with Crippen molar-refractivity contribution in [2.75, 3.05) is 13.2 Å². The van der Waals surface area contributed by atoms with Crippen LogP contribution in [0, 0.1) is 0 Å². The molecule has 0 heterocycles. The molecular weight excluding hydrogens is 815 g/mol. The van der Waals surface area contributed by atoms with Crippen molar-refractivity contribution in [3.05, 3.63) is 36.5 Å². The Bertz CT molecular complexity index is 1070. The Balaban J connectivity index is 3.50. The Morgan fingerprint density at radius 3 is 1.08 bits per heavy atom. The largest absolute Gasteiger partial charge is 0.466 e. The average molecular weight is 929 g/mol. The number of carbonyl (C=O) groups is 2. The molecule has 1 amide bonds. The number of unbranched alkanes of at least 4 members (excludes halogenated alkanes) is 39. The standard InChI is InChI=1S/C60H113NO5/c1-3-5-7-9-11-13-15-17-19-20-22-25-28-32-36-40-44-48-52-58(63)57(56-62)61-59(64)53-49-45-41-37-33-29-26-23-21-24-27-31-35-39-43-47-51-55-66-60(65)54-50-46-42-38-34-30-18-16-14-12-10-8-6-4-2/h16,18,21,24,48,52,57-58,62-63H,3-15,17,19-20,22-23,25-47,49-51,53-56H2,1-2H3,(H,61,64)/b18-16-,24-21-,52-48+. The Morgan fingerprint density at radius 2 is 0.712 bits per heavy atom. The number of hydrogen-bond donors (Lipinski definition) is 3. The molecule has 66 heavy (non-hydrogen) atoms. The molecule has 0 fully saturated rings. The van der Waals surface area contributed by atoms with Crippen LogP contribution >= 0.6 is 0 Å². The van der Waals surface area contributed by atoms with E-state index in [0.29, 0.717) is 19.4 Å². The number of rotatable bonds is 54. The van der Waals surface area contributed by atoms with Crippen molar-refractivity contribution in [3.8, 4) is 0 Å². The van der Waals surface area contributed by atoms with Gasteiger partial charge in [0.25, 0.3) is 0 Å². The van der Waals surface area contributed by atoms with Crippen molar-refractivity contribution in [1.82, 2.24) is 5.32 Å². The van der Waals surface area contributed by atoms with Crippen molar-refractivity contribution in [1.29, 1.82) is 0 Å². The molecule has 2 unspecified atom stereocenters. The number of amides is 1. The topological polar surface area (TPSA) is 95.9 Å². The summed E-state index contributed by atoms with van der Waals surface area (Å²) < 4.78 is 5.46. The molecule has 388 valence electrons.